The fraction of sp³-hybridized carbons (Fsp3) is 0.467. The SMILES string of the molecule is COC(=O)CCN(CC(C)C)C(=O)c1cc(Cl)ccc1N. The van der Waals surface area contributed by atoms with E-state index in [1.54, 1.807) is 23.1 Å². The molecule has 0 radical (unpaired) electrons. The molecule has 1 aromatic rings. The highest BCUT2D eigenvalue weighted by Crippen LogP contribution is 2.20. The highest BCUT2D eigenvalue weighted by Gasteiger charge is 2.20. The Morgan fingerprint density at radius 3 is 2.62 bits per heavy atom. The number of nitrogen functional groups attached to an aromatic ring is 1. The Bertz CT molecular complexity index is 518. The molecule has 21 heavy (non-hydrogen) atoms. The van der Waals surface area contributed by atoms with Crippen molar-refractivity contribution in [2.45, 2.75) is 20.3 Å². The van der Waals surface area contributed by atoms with Crippen LogP contribution in [0.25, 0.3) is 0 Å². The summed E-state index contributed by atoms with van der Waals surface area (Å²) < 4.78 is 4.61. The summed E-state index contributed by atoms with van der Waals surface area (Å²) in [6.45, 7) is 4.82. The van der Waals surface area contributed by atoms with Gasteiger partial charge in [-0.05, 0) is 24.1 Å². The number of carbonyl (C=O) groups excluding carboxylic acids is 2. The van der Waals surface area contributed by atoms with Crippen molar-refractivity contribution in [3.05, 3.63) is 28.8 Å². The van der Waals surface area contributed by atoms with E-state index >= 15 is 0 Å². The van der Waals surface area contributed by atoms with Crippen LogP contribution in [0, 0.1) is 5.92 Å². The van der Waals surface area contributed by atoms with Crippen LogP contribution >= 0.6 is 11.6 Å². The molecule has 0 bridgehead atoms. The summed E-state index contributed by atoms with van der Waals surface area (Å²) >= 11 is 5.92. The van der Waals surface area contributed by atoms with Crippen molar-refractivity contribution >= 4 is 29.2 Å². The Balaban J connectivity index is 2.93. The second kappa shape index (κ2) is 7.88. The lowest BCUT2D eigenvalue weighted by atomic mass is 10.1. The molecule has 0 fully saturated rings. The normalized spacial score (nSPS) is 10.5. The van der Waals surface area contributed by atoms with E-state index in [1.807, 2.05) is 13.8 Å². The molecule has 116 valence electrons. The monoisotopic (exact) mass is 312 g/mol. The Kier molecular flexibility index (Phi) is 6.49. The number of hydrogen-bond acceptors (Lipinski definition) is 4. The minimum atomic E-state index is -0.351. The Labute approximate surface area is 130 Å². The molecule has 0 unspecified atom stereocenters. The summed E-state index contributed by atoms with van der Waals surface area (Å²) in [4.78, 5) is 25.5. The van der Waals surface area contributed by atoms with E-state index in [-0.39, 0.29) is 30.8 Å². The zero-order valence-corrected chi connectivity index (χ0v) is 13.3. The van der Waals surface area contributed by atoms with Gasteiger partial charge < -0.3 is 15.4 Å². The van der Waals surface area contributed by atoms with Crippen LogP contribution in [0.3, 0.4) is 0 Å². The number of benzene rings is 1. The fourth-order valence-corrected chi connectivity index (χ4v) is 2.10. The van der Waals surface area contributed by atoms with Crippen molar-refractivity contribution in [3.8, 4) is 0 Å². The molecule has 0 aliphatic heterocycles. The number of nitrogens with two attached hydrogens (primary N) is 1. The predicted octanol–water partition coefficient (Wildman–Crippen LogP) is 2.58. The van der Waals surface area contributed by atoms with Crippen molar-refractivity contribution in [2.24, 2.45) is 5.92 Å². The molecule has 5 nitrogen and oxygen atoms in total. The third-order valence-electron chi connectivity index (χ3n) is 2.93. The summed E-state index contributed by atoms with van der Waals surface area (Å²) in [7, 11) is 1.33. The first kappa shape index (κ1) is 17.3. The number of amides is 1. The molecular weight excluding hydrogens is 292 g/mol. The molecular formula is C15H21ClN2O3. The molecule has 0 saturated heterocycles. The third kappa shape index (κ3) is 5.27. The number of rotatable bonds is 6. The Hall–Kier alpha value is -1.75. The number of carbonyl (C=O) groups is 2. The molecule has 1 rings (SSSR count). The number of ether oxygens (including phenoxy) is 1. The molecule has 1 amide bonds. The number of esters is 1. The molecule has 0 spiro atoms. The predicted molar refractivity (Wildman–Crippen MR) is 83.2 cm³/mol. The largest absolute Gasteiger partial charge is 0.469 e. The Morgan fingerprint density at radius 1 is 1.38 bits per heavy atom. The van der Waals surface area contributed by atoms with E-state index in [9.17, 15) is 9.59 Å². The van der Waals surface area contributed by atoms with Gasteiger partial charge in [-0.25, -0.2) is 0 Å². The zero-order valence-electron chi connectivity index (χ0n) is 12.6. The maximum Gasteiger partial charge on any atom is 0.307 e. The van der Waals surface area contributed by atoms with Gasteiger partial charge in [0.25, 0.3) is 5.91 Å². The molecule has 6 heteroatoms. The standard InChI is InChI=1S/C15H21ClN2O3/c1-10(2)9-18(7-6-14(19)21-3)15(20)12-8-11(16)4-5-13(12)17/h4-5,8,10H,6-7,9,17H2,1-3H3. The van der Waals surface area contributed by atoms with E-state index in [4.69, 9.17) is 17.3 Å². The van der Waals surface area contributed by atoms with Gasteiger partial charge in [-0.1, -0.05) is 25.4 Å². The number of methoxy groups -OCH3 is 1. The minimum absolute atomic E-state index is 0.148. The second-order valence-corrected chi connectivity index (χ2v) is 5.64. The van der Waals surface area contributed by atoms with E-state index in [0.717, 1.165) is 0 Å². The van der Waals surface area contributed by atoms with Crippen LogP contribution in [0.5, 0.6) is 0 Å². The quantitative estimate of drug-likeness (QED) is 0.647. The van der Waals surface area contributed by atoms with E-state index < -0.39 is 0 Å². The van der Waals surface area contributed by atoms with Crippen molar-refractivity contribution in [3.63, 3.8) is 0 Å². The maximum atomic E-state index is 12.6. The average molecular weight is 313 g/mol. The maximum absolute atomic E-state index is 12.6. The topological polar surface area (TPSA) is 72.6 Å². The van der Waals surface area contributed by atoms with Crippen LogP contribution in [-0.2, 0) is 9.53 Å². The minimum Gasteiger partial charge on any atom is -0.469 e. The van der Waals surface area contributed by atoms with Gasteiger partial charge in [0, 0.05) is 23.8 Å². The lowest BCUT2D eigenvalue weighted by Crippen LogP contribution is -2.36. The van der Waals surface area contributed by atoms with Crippen molar-refractivity contribution in [1.29, 1.82) is 0 Å². The molecule has 1 aromatic carbocycles. The van der Waals surface area contributed by atoms with Crippen LogP contribution in [0.4, 0.5) is 5.69 Å². The van der Waals surface area contributed by atoms with E-state index in [0.29, 0.717) is 22.8 Å². The highest BCUT2D eigenvalue weighted by atomic mass is 35.5. The first-order valence-electron chi connectivity index (χ1n) is 6.76. The number of anilines is 1. The van der Waals surface area contributed by atoms with Gasteiger partial charge in [-0.2, -0.15) is 0 Å². The van der Waals surface area contributed by atoms with Crippen LogP contribution < -0.4 is 5.73 Å². The Morgan fingerprint density at radius 2 is 2.05 bits per heavy atom. The molecule has 0 aliphatic rings. The van der Waals surface area contributed by atoms with E-state index in [1.165, 1.54) is 7.11 Å². The molecule has 0 atom stereocenters. The molecule has 0 saturated carbocycles. The van der Waals surface area contributed by atoms with Gasteiger partial charge in [0.05, 0.1) is 19.1 Å². The summed E-state index contributed by atoms with van der Waals surface area (Å²) in [6, 6.07) is 4.78. The van der Waals surface area contributed by atoms with Gasteiger partial charge in [0.1, 0.15) is 0 Å². The fourth-order valence-electron chi connectivity index (χ4n) is 1.93. The number of hydrogen-bond donors (Lipinski definition) is 1. The average Bonchev–Trinajstić information content (AvgIpc) is 2.44. The molecule has 0 aliphatic carbocycles. The lowest BCUT2D eigenvalue weighted by molar-refractivity contribution is -0.140. The molecule has 0 aromatic heterocycles. The summed E-state index contributed by atoms with van der Waals surface area (Å²) in [5.74, 6) is -0.310. The zero-order chi connectivity index (χ0) is 16.0. The smallest absolute Gasteiger partial charge is 0.307 e. The number of nitrogens with zero attached hydrogens (tertiary/aromatic N) is 1. The van der Waals surface area contributed by atoms with Crippen molar-refractivity contribution in [1.82, 2.24) is 4.90 Å². The first-order valence-corrected chi connectivity index (χ1v) is 7.14. The summed E-state index contributed by atoms with van der Waals surface area (Å²) in [6.07, 6.45) is 0.148. The van der Waals surface area contributed by atoms with Gasteiger partial charge in [-0.15, -0.1) is 0 Å². The molecule has 0 heterocycles. The van der Waals surface area contributed by atoms with E-state index in [2.05, 4.69) is 4.74 Å². The highest BCUT2D eigenvalue weighted by molar-refractivity contribution is 6.31. The van der Waals surface area contributed by atoms with Crippen LogP contribution in [0.2, 0.25) is 5.02 Å². The van der Waals surface area contributed by atoms with Gasteiger partial charge >= 0.3 is 5.97 Å². The number of halogens is 1. The first-order chi connectivity index (χ1) is 9.85. The van der Waals surface area contributed by atoms with Gasteiger partial charge in [0.2, 0.25) is 0 Å². The van der Waals surface area contributed by atoms with Crippen LogP contribution in [0.15, 0.2) is 18.2 Å². The van der Waals surface area contributed by atoms with Crippen LogP contribution in [0.1, 0.15) is 30.6 Å². The lowest BCUT2D eigenvalue weighted by Gasteiger charge is -2.25. The van der Waals surface area contributed by atoms with Crippen LogP contribution in [-0.4, -0.2) is 37.0 Å². The van der Waals surface area contributed by atoms with Gasteiger partial charge in [0.15, 0.2) is 0 Å². The summed E-state index contributed by atoms with van der Waals surface area (Å²) in [5.41, 5.74) is 6.57. The molecule has 2 N–H and O–H groups in total. The summed E-state index contributed by atoms with van der Waals surface area (Å²) in [5, 5.41) is 0.449. The second-order valence-electron chi connectivity index (χ2n) is 5.20. The third-order valence-corrected chi connectivity index (χ3v) is 3.17. The van der Waals surface area contributed by atoms with Gasteiger partial charge in [-0.3, -0.25) is 9.59 Å². The van der Waals surface area contributed by atoms with Crippen molar-refractivity contribution < 1.29 is 14.3 Å². The van der Waals surface area contributed by atoms with Crippen molar-refractivity contribution in [2.75, 3.05) is 25.9 Å².